The largest absolute Gasteiger partial charge is 0.342 e. The predicted octanol–water partition coefficient (Wildman–Crippen LogP) is 1.11. The van der Waals surface area contributed by atoms with Crippen molar-refractivity contribution in [2.24, 2.45) is 17.1 Å². The molecule has 1 unspecified atom stereocenters. The summed E-state index contributed by atoms with van der Waals surface area (Å²) in [5.41, 5.74) is 5.92. The molecule has 3 aliphatic rings. The summed E-state index contributed by atoms with van der Waals surface area (Å²) in [6.45, 7) is 7.64. The molecule has 3 fully saturated rings. The number of hydrogen-bond donors (Lipinski definition) is 1. The molecule has 3 aliphatic heterocycles. The van der Waals surface area contributed by atoms with Crippen LogP contribution in [0.3, 0.4) is 0 Å². The van der Waals surface area contributed by atoms with E-state index in [-0.39, 0.29) is 23.3 Å². The minimum absolute atomic E-state index is 0.0813. The van der Waals surface area contributed by atoms with Gasteiger partial charge in [0.1, 0.15) is 0 Å². The Labute approximate surface area is 139 Å². The summed E-state index contributed by atoms with van der Waals surface area (Å²) in [4.78, 5) is 31.0. The van der Waals surface area contributed by atoms with Gasteiger partial charge in [0.2, 0.25) is 5.91 Å². The third kappa shape index (κ3) is 3.47. The van der Waals surface area contributed by atoms with Crippen molar-refractivity contribution in [3.63, 3.8) is 0 Å². The van der Waals surface area contributed by atoms with E-state index in [4.69, 9.17) is 5.73 Å². The Hall–Kier alpha value is -1.30. The minimum Gasteiger partial charge on any atom is -0.342 e. The normalized spacial score (nSPS) is 29.4. The maximum Gasteiger partial charge on any atom is 0.319 e. The molecular formula is C17H30N4O2. The van der Waals surface area contributed by atoms with Crippen molar-refractivity contribution in [2.45, 2.75) is 39.0 Å². The molecule has 0 aromatic heterocycles. The SMILES string of the molecule is CC1(CN)CCN(C(=O)C2CCN(C(=O)N3CCCC3)CC2)C1. The van der Waals surface area contributed by atoms with Crippen molar-refractivity contribution < 1.29 is 9.59 Å². The highest BCUT2D eigenvalue weighted by Gasteiger charge is 2.38. The molecule has 1 atom stereocenters. The Bertz CT molecular complexity index is 456. The van der Waals surface area contributed by atoms with E-state index in [9.17, 15) is 9.59 Å². The van der Waals surface area contributed by atoms with Gasteiger partial charge in [-0.2, -0.15) is 0 Å². The smallest absolute Gasteiger partial charge is 0.319 e. The highest BCUT2D eigenvalue weighted by molar-refractivity contribution is 5.80. The molecule has 0 saturated carbocycles. The second-order valence-electron chi connectivity index (χ2n) is 7.76. The lowest BCUT2D eigenvalue weighted by atomic mass is 9.90. The van der Waals surface area contributed by atoms with Crippen molar-refractivity contribution in [3.8, 4) is 0 Å². The van der Waals surface area contributed by atoms with Crippen LogP contribution in [0.1, 0.15) is 39.0 Å². The van der Waals surface area contributed by atoms with Crippen LogP contribution in [0.2, 0.25) is 0 Å². The van der Waals surface area contributed by atoms with Gasteiger partial charge in [-0.3, -0.25) is 4.79 Å². The van der Waals surface area contributed by atoms with Crippen LogP contribution in [0.25, 0.3) is 0 Å². The van der Waals surface area contributed by atoms with Crippen molar-refractivity contribution in [3.05, 3.63) is 0 Å². The standard InChI is InChI=1S/C17H30N4O2/c1-17(12-18)6-11-21(13-17)15(22)14-4-9-20(10-5-14)16(23)19-7-2-3-8-19/h14H,2-13,18H2,1H3. The number of nitrogens with zero attached hydrogens (tertiary/aromatic N) is 3. The van der Waals surface area contributed by atoms with Gasteiger partial charge in [-0.15, -0.1) is 0 Å². The van der Waals surface area contributed by atoms with Gasteiger partial charge in [0.25, 0.3) is 0 Å². The topological polar surface area (TPSA) is 69.9 Å². The summed E-state index contributed by atoms with van der Waals surface area (Å²) in [5.74, 6) is 0.355. The van der Waals surface area contributed by atoms with Gasteiger partial charge >= 0.3 is 6.03 Å². The van der Waals surface area contributed by atoms with E-state index >= 15 is 0 Å². The second-order valence-corrected chi connectivity index (χ2v) is 7.76. The van der Waals surface area contributed by atoms with Crippen LogP contribution >= 0.6 is 0 Å². The van der Waals surface area contributed by atoms with Crippen LogP contribution in [-0.4, -0.2) is 72.5 Å². The number of likely N-dealkylation sites (tertiary alicyclic amines) is 3. The zero-order valence-electron chi connectivity index (χ0n) is 14.3. The first kappa shape index (κ1) is 16.6. The number of piperidine rings is 1. The quantitative estimate of drug-likeness (QED) is 0.828. The fraction of sp³-hybridized carbons (Fsp3) is 0.882. The number of hydrogen-bond acceptors (Lipinski definition) is 3. The van der Waals surface area contributed by atoms with Crippen LogP contribution in [-0.2, 0) is 4.79 Å². The second kappa shape index (κ2) is 6.67. The molecule has 130 valence electrons. The van der Waals surface area contributed by atoms with E-state index in [0.717, 1.165) is 58.3 Å². The third-order valence-corrected chi connectivity index (χ3v) is 5.85. The molecule has 0 aromatic rings. The van der Waals surface area contributed by atoms with Gasteiger partial charge in [-0.25, -0.2) is 4.79 Å². The van der Waals surface area contributed by atoms with Crippen LogP contribution in [0.5, 0.6) is 0 Å². The van der Waals surface area contributed by atoms with E-state index in [1.807, 2.05) is 14.7 Å². The lowest BCUT2D eigenvalue weighted by Gasteiger charge is -2.35. The molecule has 3 heterocycles. The average molecular weight is 322 g/mol. The minimum atomic E-state index is 0.0813. The van der Waals surface area contributed by atoms with E-state index in [1.165, 1.54) is 0 Å². The van der Waals surface area contributed by atoms with Gasteiger partial charge in [-0.1, -0.05) is 6.92 Å². The fourth-order valence-corrected chi connectivity index (χ4v) is 4.06. The molecule has 3 amide bonds. The molecule has 3 saturated heterocycles. The van der Waals surface area contributed by atoms with Crippen LogP contribution in [0, 0.1) is 11.3 Å². The predicted molar refractivity (Wildman–Crippen MR) is 88.9 cm³/mol. The summed E-state index contributed by atoms with van der Waals surface area (Å²) < 4.78 is 0. The van der Waals surface area contributed by atoms with E-state index < -0.39 is 0 Å². The molecule has 0 radical (unpaired) electrons. The number of carbonyl (C=O) groups excluding carboxylic acids is 2. The fourth-order valence-electron chi connectivity index (χ4n) is 4.06. The molecule has 0 spiro atoms. The van der Waals surface area contributed by atoms with Crippen molar-refractivity contribution in [2.75, 3.05) is 45.8 Å². The van der Waals surface area contributed by atoms with Crippen LogP contribution in [0.15, 0.2) is 0 Å². The first-order valence-corrected chi connectivity index (χ1v) is 9.05. The molecule has 23 heavy (non-hydrogen) atoms. The first-order valence-electron chi connectivity index (χ1n) is 9.05. The van der Waals surface area contributed by atoms with Crippen molar-refractivity contribution >= 4 is 11.9 Å². The lowest BCUT2D eigenvalue weighted by molar-refractivity contribution is -0.136. The molecule has 0 aliphatic carbocycles. The summed E-state index contributed by atoms with van der Waals surface area (Å²) in [6, 6.07) is 0.172. The Morgan fingerprint density at radius 3 is 2.17 bits per heavy atom. The average Bonchev–Trinajstić information content (AvgIpc) is 3.24. The number of nitrogens with two attached hydrogens (primary N) is 1. The maximum absolute atomic E-state index is 12.7. The first-order chi connectivity index (χ1) is 11.0. The van der Waals surface area contributed by atoms with Crippen molar-refractivity contribution in [1.29, 1.82) is 0 Å². The molecule has 6 heteroatoms. The summed E-state index contributed by atoms with van der Waals surface area (Å²) in [6.07, 6.45) is 4.84. The highest BCUT2D eigenvalue weighted by atomic mass is 16.2. The molecule has 2 N–H and O–H groups in total. The number of rotatable bonds is 2. The Balaban J connectivity index is 1.49. The molecule has 3 rings (SSSR count). The Morgan fingerprint density at radius 1 is 1.00 bits per heavy atom. The molecule has 0 aromatic carbocycles. The zero-order chi connectivity index (χ0) is 16.4. The van der Waals surface area contributed by atoms with Gasteiger partial charge in [0.05, 0.1) is 0 Å². The van der Waals surface area contributed by atoms with Crippen LogP contribution in [0.4, 0.5) is 4.79 Å². The van der Waals surface area contributed by atoms with Gasteiger partial charge in [-0.05, 0) is 44.1 Å². The summed E-state index contributed by atoms with van der Waals surface area (Å²) in [5, 5.41) is 0. The Morgan fingerprint density at radius 2 is 1.61 bits per heavy atom. The summed E-state index contributed by atoms with van der Waals surface area (Å²) in [7, 11) is 0. The molecule has 0 bridgehead atoms. The van der Waals surface area contributed by atoms with E-state index in [2.05, 4.69) is 6.92 Å². The molecular weight excluding hydrogens is 292 g/mol. The van der Waals surface area contributed by atoms with Gasteiger partial charge < -0.3 is 20.4 Å². The Kier molecular flexibility index (Phi) is 4.80. The third-order valence-electron chi connectivity index (χ3n) is 5.85. The van der Waals surface area contributed by atoms with Crippen LogP contribution < -0.4 is 5.73 Å². The van der Waals surface area contributed by atoms with Gasteiger partial charge in [0, 0.05) is 45.2 Å². The summed E-state index contributed by atoms with van der Waals surface area (Å²) >= 11 is 0. The lowest BCUT2D eigenvalue weighted by Crippen LogP contribution is -2.48. The molecule has 6 nitrogen and oxygen atoms in total. The van der Waals surface area contributed by atoms with E-state index in [0.29, 0.717) is 19.6 Å². The van der Waals surface area contributed by atoms with Gasteiger partial charge in [0.15, 0.2) is 0 Å². The number of urea groups is 1. The zero-order valence-corrected chi connectivity index (χ0v) is 14.3. The van der Waals surface area contributed by atoms with E-state index in [1.54, 1.807) is 0 Å². The highest BCUT2D eigenvalue weighted by Crippen LogP contribution is 2.31. The maximum atomic E-state index is 12.7. The monoisotopic (exact) mass is 322 g/mol. The van der Waals surface area contributed by atoms with Crippen molar-refractivity contribution in [1.82, 2.24) is 14.7 Å². The number of amides is 3. The number of carbonyl (C=O) groups is 2.